The van der Waals surface area contributed by atoms with Gasteiger partial charge < -0.3 is 9.64 Å². The maximum absolute atomic E-state index is 11.9. The van der Waals surface area contributed by atoms with Crippen LogP contribution in [0.25, 0.3) is 0 Å². The molecule has 2 heterocycles. The Morgan fingerprint density at radius 3 is 2.55 bits per heavy atom. The molecule has 0 saturated carbocycles. The fourth-order valence-electron chi connectivity index (χ4n) is 2.16. The van der Waals surface area contributed by atoms with Crippen LogP contribution in [-0.2, 0) is 4.74 Å². The summed E-state index contributed by atoms with van der Waals surface area (Å²) in [4.78, 5) is 24.2. The molecular formula is C13H20N4O3. The Bertz CT molecular complexity index is 484. The van der Waals surface area contributed by atoms with E-state index in [0.29, 0.717) is 25.1 Å². The van der Waals surface area contributed by atoms with Crippen molar-refractivity contribution in [3.8, 4) is 0 Å². The highest BCUT2D eigenvalue weighted by atomic mass is 16.6. The molecule has 0 aromatic carbocycles. The molecule has 7 heteroatoms. The normalized spacial score (nSPS) is 17.1. The summed E-state index contributed by atoms with van der Waals surface area (Å²) in [5.74, 6) is 0. The van der Waals surface area contributed by atoms with Crippen molar-refractivity contribution in [1.29, 1.82) is 0 Å². The van der Waals surface area contributed by atoms with E-state index in [2.05, 4.69) is 10.3 Å². The van der Waals surface area contributed by atoms with Gasteiger partial charge in [-0.2, -0.15) is 0 Å². The second-order valence-corrected chi connectivity index (χ2v) is 5.94. The van der Waals surface area contributed by atoms with Gasteiger partial charge in [0.2, 0.25) is 0 Å². The number of hydrogen-bond donors (Lipinski definition) is 0. The Balaban J connectivity index is 1.89. The number of carbonyl (C=O) groups excluding carboxylic acids is 2. The second kappa shape index (κ2) is 5.60. The van der Waals surface area contributed by atoms with Crippen molar-refractivity contribution in [2.24, 2.45) is 0 Å². The van der Waals surface area contributed by atoms with Crippen LogP contribution in [0, 0.1) is 0 Å². The first-order valence-corrected chi connectivity index (χ1v) is 6.74. The lowest BCUT2D eigenvalue weighted by atomic mass is 10.1. The molecule has 0 unspecified atom stereocenters. The lowest BCUT2D eigenvalue weighted by molar-refractivity contribution is 0.0184. The minimum Gasteiger partial charge on any atom is -0.444 e. The smallest absolute Gasteiger partial charge is 0.410 e. The summed E-state index contributed by atoms with van der Waals surface area (Å²) in [6, 6.07) is 0.176. The molecule has 2 rings (SSSR count). The molecule has 20 heavy (non-hydrogen) atoms. The lowest BCUT2D eigenvalue weighted by Gasteiger charge is -2.33. The van der Waals surface area contributed by atoms with Gasteiger partial charge in [-0.15, -0.1) is 5.10 Å². The summed E-state index contributed by atoms with van der Waals surface area (Å²) < 4.78 is 7.05. The van der Waals surface area contributed by atoms with E-state index in [1.165, 1.54) is 0 Å². The zero-order chi connectivity index (χ0) is 14.8. The highest BCUT2D eigenvalue weighted by Crippen LogP contribution is 2.23. The number of aldehydes is 1. The lowest BCUT2D eigenvalue weighted by Crippen LogP contribution is -2.42. The van der Waals surface area contributed by atoms with Gasteiger partial charge in [0.05, 0.1) is 12.2 Å². The largest absolute Gasteiger partial charge is 0.444 e. The van der Waals surface area contributed by atoms with Crippen LogP contribution in [0.3, 0.4) is 0 Å². The van der Waals surface area contributed by atoms with E-state index in [0.717, 1.165) is 12.8 Å². The molecule has 110 valence electrons. The monoisotopic (exact) mass is 280 g/mol. The third kappa shape index (κ3) is 3.55. The number of nitrogens with zero attached hydrogens (tertiary/aromatic N) is 4. The molecule has 0 aliphatic carbocycles. The fourth-order valence-corrected chi connectivity index (χ4v) is 2.16. The average Bonchev–Trinajstić information content (AvgIpc) is 2.85. The summed E-state index contributed by atoms with van der Waals surface area (Å²) in [5, 5.41) is 7.69. The average molecular weight is 280 g/mol. The fraction of sp³-hybridized carbons (Fsp3) is 0.692. The molecular weight excluding hydrogens is 260 g/mol. The second-order valence-electron chi connectivity index (χ2n) is 5.94. The highest BCUT2D eigenvalue weighted by molar-refractivity contribution is 5.70. The predicted molar refractivity (Wildman–Crippen MR) is 71.5 cm³/mol. The van der Waals surface area contributed by atoms with Gasteiger partial charge in [0.25, 0.3) is 0 Å². The Kier molecular flexibility index (Phi) is 4.06. The van der Waals surface area contributed by atoms with Crippen molar-refractivity contribution in [3.63, 3.8) is 0 Å². The first-order valence-electron chi connectivity index (χ1n) is 6.74. The molecule has 1 aliphatic heterocycles. The zero-order valence-electron chi connectivity index (χ0n) is 12.1. The number of hydrogen-bond acceptors (Lipinski definition) is 5. The molecule has 0 bridgehead atoms. The molecule has 0 atom stereocenters. The summed E-state index contributed by atoms with van der Waals surface area (Å²) in [6.45, 7) is 6.81. The van der Waals surface area contributed by atoms with Crippen LogP contribution in [0.15, 0.2) is 6.20 Å². The summed E-state index contributed by atoms with van der Waals surface area (Å²) >= 11 is 0. The molecule has 0 N–H and O–H groups in total. The molecule has 1 aliphatic rings. The van der Waals surface area contributed by atoms with E-state index in [9.17, 15) is 9.59 Å². The van der Waals surface area contributed by atoms with Crippen molar-refractivity contribution in [2.75, 3.05) is 13.1 Å². The Labute approximate surface area is 117 Å². The van der Waals surface area contributed by atoms with E-state index < -0.39 is 5.60 Å². The minimum absolute atomic E-state index is 0.176. The van der Waals surface area contributed by atoms with Crippen molar-refractivity contribution in [3.05, 3.63) is 11.9 Å². The third-order valence-electron chi connectivity index (χ3n) is 3.14. The van der Waals surface area contributed by atoms with Crippen LogP contribution in [-0.4, -0.2) is 51.0 Å². The van der Waals surface area contributed by atoms with Crippen molar-refractivity contribution in [2.45, 2.75) is 45.3 Å². The van der Waals surface area contributed by atoms with Gasteiger partial charge in [0.15, 0.2) is 6.29 Å². The molecule has 0 radical (unpaired) electrons. The van der Waals surface area contributed by atoms with Crippen LogP contribution in [0.1, 0.15) is 50.1 Å². The van der Waals surface area contributed by atoms with Crippen LogP contribution in [0.5, 0.6) is 0 Å². The number of amides is 1. The first-order chi connectivity index (χ1) is 9.39. The van der Waals surface area contributed by atoms with E-state index in [1.54, 1.807) is 15.8 Å². The van der Waals surface area contributed by atoms with Gasteiger partial charge in [0, 0.05) is 13.1 Å². The highest BCUT2D eigenvalue weighted by Gasteiger charge is 2.27. The Hall–Kier alpha value is -1.92. The number of aromatic nitrogens is 3. The Morgan fingerprint density at radius 2 is 2.05 bits per heavy atom. The van der Waals surface area contributed by atoms with Gasteiger partial charge in [-0.25, -0.2) is 9.48 Å². The quantitative estimate of drug-likeness (QED) is 0.770. The van der Waals surface area contributed by atoms with Gasteiger partial charge in [-0.1, -0.05) is 5.21 Å². The number of rotatable bonds is 2. The number of likely N-dealkylation sites (tertiary alicyclic amines) is 1. The maximum atomic E-state index is 11.9. The van der Waals surface area contributed by atoms with Gasteiger partial charge in [0.1, 0.15) is 11.3 Å². The van der Waals surface area contributed by atoms with Crippen molar-refractivity contribution >= 4 is 12.4 Å². The van der Waals surface area contributed by atoms with Gasteiger partial charge in [-0.3, -0.25) is 4.79 Å². The maximum Gasteiger partial charge on any atom is 0.410 e. The third-order valence-corrected chi connectivity index (χ3v) is 3.14. The number of carbonyl (C=O) groups is 2. The number of piperidine rings is 1. The van der Waals surface area contributed by atoms with Gasteiger partial charge in [-0.05, 0) is 33.6 Å². The summed E-state index contributed by atoms with van der Waals surface area (Å²) in [6.07, 6.45) is 3.60. The molecule has 7 nitrogen and oxygen atoms in total. The molecule has 1 fully saturated rings. The predicted octanol–water partition coefficient (Wildman–Crippen LogP) is 1.66. The summed E-state index contributed by atoms with van der Waals surface area (Å²) in [7, 11) is 0. The van der Waals surface area contributed by atoms with Crippen molar-refractivity contribution in [1.82, 2.24) is 19.9 Å². The molecule has 0 spiro atoms. The van der Waals surface area contributed by atoms with Crippen molar-refractivity contribution < 1.29 is 14.3 Å². The Morgan fingerprint density at radius 1 is 1.40 bits per heavy atom. The van der Waals surface area contributed by atoms with E-state index in [1.807, 2.05) is 20.8 Å². The minimum atomic E-state index is -0.474. The molecule has 1 aromatic rings. The van der Waals surface area contributed by atoms with Crippen LogP contribution >= 0.6 is 0 Å². The van der Waals surface area contributed by atoms with E-state index >= 15 is 0 Å². The van der Waals surface area contributed by atoms with Crippen LogP contribution in [0.2, 0.25) is 0 Å². The number of ether oxygens (including phenoxy) is 1. The standard InChI is InChI=1S/C13H20N4O3/c1-13(2,3)20-12(19)16-6-4-11(5-7-16)17-8-10(9-18)14-15-17/h8-9,11H,4-7H2,1-3H3. The summed E-state index contributed by atoms with van der Waals surface area (Å²) in [5.41, 5.74) is -0.141. The topological polar surface area (TPSA) is 77.3 Å². The molecule has 1 amide bonds. The van der Waals surface area contributed by atoms with Crippen LogP contribution in [0.4, 0.5) is 4.79 Å². The molecule has 1 saturated heterocycles. The zero-order valence-corrected chi connectivity index (χ0v) is 12.1. The van der Waals surface area contributed by atoms with Crippen LogP contribution < -0.4 is 0 Å². The first kappa shape index (κ1) is 14.5. The molecule has 1 aromatic heterocycles. The van der Waals surface area contributed by atoms with Gasteiger partial charge >= 0.3 is 6.09 Å². The SMILES string of the molecule is CC(C)(C)OC(=O)N1CCC(n2cc(C=O)nn2)CC1. The van der Waals surface area contributed by atoms with E-state index in [-0.39, 0.29) is 12.1 Å². The van der Waals surface area contributed by atoms with E-state index in [4.69, 9.17) is 4.74 Å².